The highest BCUT2D eigenvalue weighted by Gasteiger charge is 2.03. The Morgan fingerprint density at radius 2 is 2.28 bits per heavy atom. The number of carbonyl (C=O) groups excluding carboxylic acids is 1. The van der Waals surface area contributed by atoms with Gasteiger partial charge < -0.3 is 14.8 Å². The van der Waals surface area contributed by atoms with Crippen molar-refractivity contribution in [1.82, 2.24) is 0 Å². The summed E-state index contributed by atoms with van der Waals surface area (Å²) < 4.78 is 23.9. The van der Waals surface area contributed by atoms with E-state index >= 15 is 0 Å². The summed E-state index contributed by atoms with van der Waals surface area (Å²) in [5, 5.41) is 2.88. The van der Waals surface area contributed by atoms with E-state index in [1.165, 1.54) is 6.07 Å². The van der Waals surface area contributed by atoms with Crippen LogP contribution < -0.4 is 5.32 Å². The van der Waals surface area contributed by atoms with Gasteiger partial charge in [-0.15, -0.1) is 0 Å². The lowest BCUT2D eigenvalue weighted by Gasteiger charge is -2.08. The molecule has 0 heterocycles. The van der Waals surface area contributed by atoms with Gasteiger partial charge in [-0.3, -0.25) is 0 Å². The van der Waals surface area contributed by atoms with Crippen LogP contribution >= 0.6 is 15.9 Å². The molecule has 1 aromatic carbocycles. The second kappa shape index (κ2) is 8.05. The molecule has 0 spiro atoms. The van der Waals surface area contributed by atoms with Gasteiger partial charge in [0, 0.05) is 11.0 Å². The highest BCUT2D eigenvalue weighted by molar-refractivity contribution is 9.10. The molecule has 0 bridgehead atoms. The summed E-state index contributed by atoms with van der Waals surface area (Å²) in [5.74, 6) is -0.727. The monoisotopic (exact) mass is 319 g/mol. The highest BCUT2D eigenvalue weighted by atomic mass is 79.9. The molecular formula is C12H15BrFNO3. The summed E-state index contributed by atoms with van der Waals surface area (Å²) in [6, 6.07) is 4.63. The number of halogens is 2. The van der Waals surface area contributed by atoms with E-state index in [-0.39, 0.29) is 12.4 Å². The summed E-state index contributed by atoms with van der Waals surface area (Å²) in [6.45, 7) is 2.69. The number of carbonyl (C=O) groups is 1. The smallest absolute Gasteiger partial charge is 0.332 e. The van der Waals surface area contributed by atoms with E-state index in [1.807, 2.05) is 0 Å². The van der Waals surface area contributed by atoms with Crippen LogP contribution in [-0.4, -0.2) is 32.3 Å². The number of nitrogens with one attached hydrogen (secondary N) is 1. The van der Waals surface area contributed by atoms with E-state index in [9.17, 15) is 9.18 Å². The predicted octanol–water partition coefficient (Wildman–Crippen LogP) is 2.58. The van der Waals surface area contributed by atoms with Crippen molar-refractivity contribution < 1.29 is 18.7 Å². The number of ether oxygens (including phenoxy) is 2. The van der Waals surface area contributed by atoms with Crippen LogP contribution in [0.2, 0.25) is 0 Å². The lowest BCUT2D eigenvalue weighted by Crippen LogP contribution is -2.16. The summed E-state index contributed by atoms with van der Waals surface area (Å²) in [7, 11) is 0. The topological polar surface area (TPSA) is 47.6 Å². The Hall–Kier alpha value is -1.14. The number of esters is 1. The average Bonchev–Trinajstić information content (AvgIpc) is 2.33. The fourth-order valence-electron chi connectivity index (χ4n) is 1.25. The summed E-state index contributed by atoms with van der Waals surface area (Å²) in [4.78, 5) is 10.9. The van der Waals surface area contributed by atoms with Crippen molar-refractivity contribution in [3.05, 3.63) is 28.5 Å². The molecular weight excluding hydrogens is 305 g/mol. The molecule has 0 aliphatic carbocycles. The van der Waals surface area contributed by atoms with Crippen LogP contribution in [-0.2, 0) is 14.3 Å². The molecule has 18 heavy (non-hydrogen) atoms. The van der Waals surface area contributed by atoms with Gasteiger partial charge in [0.25, 0.3) is 0 Å². The molecule has 1 aromatic rings. The van der Waals surface area contributed by atoms with Gasteiger partial charge in [0.15, 0.2) is 0 Å². The minimum atomic E-state index is -0.397. The van der Waals surface area contributed by atoms with E-state index in [0.29, 0.717) is 25.4 Å². The molecule has 1 N–H and O–H groups in total. The zero-order chi connectivity index (χ0) is 13.4. The fourth-order valence-corrected chi connectivity index (χ4v) is 1.61. The molecule has 0 atom stereocenters. The molecule has 4 nitrogen and oxygen atoms in total. The summed E-state index contributed by atoms with van der Waals surface area (Å²) in [5.41, 5.74) is 0.393. The average molecular weight is 320 g/mol. The first-order valence-electron chi connectivity index (χ1n) is 5.55. The maximum atomic E-state index is 13.3. The van der Waals surface area contributed by atoms with Crippen LogP contribution in [0, 0.1) is 5.82 Å². The van der Waals surface area contributed by atoms with Crippen molar-refractivity contribution in [1.29, 1.82) is 0 Å². The zero-order valence-corrected chi connectivity index (χ0v) is 11.6. The van der Waals surface area contributed by atoms with Crippen molar-refractivity contribution in [3.8, 4) is 0 Å². The number of anilines is 1. The first-order chi connectivity index (χ1) is 8.63. The van der Waals surface area contributed by atoms with Gasteiger partial charge in [-0.1, -0.05) is 15.9 Å². The lowest BCUT2D eigenvalue weighted by atomic mass is 10.3. The summed E-state index contributed by atoms with van der Waals surface area (Å²) >= 11 is 3.26. The molecule has 0 aliphatic rings. The Balaban J connectivity index is 2.21. The van der Waals surface area contributed by atoms with E-state index in [2.05, 4.69) is 21.2 Å². The molecule has 100 valence electrons. The Morgan fingerprint density at radius 3 is 3.00 bits per heavy atom. The Bertz CT molecular complexity index is 401. The maximum Gasteiger partial charge on any atom is 0.332 e. The zero-order valence-electron chi connectivity index (χ0n) is 10.0. The van der Waals surface area contributed by atoms with Crippen molar-refractivity contribution in [2.75, 3.05) is 31.7 Å². The van der Waals surface area contributed by atoms with E-state index in [1.54, 1.807) is 19.1 Å². The minimum Gasteiger partial charge on any atom is -0.464 e. The molecule has 0 amide bonds. The maximum absolute atomic E-state index is 13.3. The predicted molar refractivity (Wildman–Crippen MR) is 70.0 cm³/mol. The van der Waals surface area contributed by atoms with Gasteiger partial charge >= 0.3 is 5.97 Å². The standard InChI is InChI=1S/C12H15BrFNO3/c1-2-18-12(16)8-17-6-5-15-11-7-9(13)3-4-10(11)14/h3-4,7,15H,2,5-6,8H2,1H3. The van der Waals surface area contributed by atoms with Crippen molar-refractivity contribution >= 4 is 27.6 Å². The number of benzene rings is 1. The van der Waals surface area contributed by atoms with Gasteiger partial charge in [-0.2, -0.15) is 0 Å². The molecule has 0 aromatic heterocycles. The highest BCUT2D eigenvalue weighted by Crippen LogP contribution is 2.19. The molecule has 0 saturated carbocycles. The molecule has 1 rings (SSSR count). The second-order valence-corrected chi connectivity index (χ2v) is 4.32. The Labute approximate surface area is 114 Å². The third-order valence-electron chi connectivity index (χ3n) is 2.02. The van der Waals surface area contributed by atoms with Gasteiger partial charge in [-0.25, -0.2) is 9.18 Å². The third-order valence-corrected chi connectivity index (χ3v) is 2.51. The minimum absolute atomic E-state index is 0.0868. The second-order valence-electron chi connectivity index (χ2n) is 3.41. The van der Waals surface area contributed by atoms with Crippen molar-refractivity contribution in [3.63, 3.8) is 0 Å². The van der Waals surface area contributed by atoms with Crippen LogP contribution in [0.15, 0.2) is 22.7 Å². The van der Waals surface area contributed by atoms with Gasteiger partial charge in [-0.05, 0) is 25.1 Å². The number of hydrogen-bond acceptors (Lipinski definition) is 4. The van der Waals surface area contributed by atoms with Gasteiger partial charge in [0.05, 0.1) is 18.9 Å². The first kappa shape index (κ1) is 14.9. The molecule has 0 saturated heterocycles. The molecule has 0 fully saturated rings. The van der Waals surface area contributed by atoms with Gasteiger partial charge in [0.2, 0.25) is 0 Å². The Kier molecular flexibility index (Phi) is 6.67. The van der Waals surface area contributed by atoms with Gasteiger partial charge in [0.1, 0.15) is 12.4 Å². The number of hydrogen-bond donors (Lipinski definition) is 1. The van der Waals surface area contributed by atoms with E-state index in [4.69, 9.17) is 9.47 Å². The molecule has 6 heteroatoms. The van der Waals surface area contributed by atoms with Crippen LogP contribution in [0.5, 0.6) is 0 Å². The Morgan fingerprint density at radius 1 is 1.50 bits per heavy atom. The largest absolute Gasteiger partial charge is 0.464 e. The lowest BCUT2D eigenvalue weighted by molar-refractivity contribution is -0.148. The first-order valence-corrected chi connectivity index (χ1v) is 6.35. The molecule has 0 unspecified atom stereocenters. The van der Waals surface area contributed by atoms with Crippen LogP contribution in [0.3, 0.4) is 0 Å². The SMILES string of the molecule is CCOC(=O)COCCNc1cc(Br)ccc1F. The normalized spacial score (nSPS) is 10.2. The molecule has 0 aliphatic heterocycles. The van der Waals surface area contributed by atoms with Crippen LogP contribution in [0.25, 0.3) is 0 Å². The van der Waals surface area contributed by atoms with Crippen LogP contribution in [0.1, 0.15) is 6.92 Å². The number of rotatable bonds is 7. The van der Waals surface area contributed by atoms with E-state index in [0.717, 1.165) is 4.47 Å². The third kappa shape index (κ3) is 5.46. The fraction of sp³-hybridized carbons (Fsp3) is 0.417. The van der Waals surface area contributed by atoms with Crippen molar-refractivity contribution in [2.24, 2.45) is 0 Å². The van der Waals surface area contributed by atoms with Crippen molar-refractivity contribution in [2.45, 2.75) is 6.92 Å². The quantitative estimate of drug-likeness (QED) is 0.620. The van der Waals surface area contributed by atoms with Crippen LogP contribution in [0.4, 0.5) is 10.1 Å². The van der Waals surface area contributed by atoms with E-state index < -0.39 is 5.97 Å². The summed E-state index contributed by atoms with van der Waals surface area (Å²) in [6.07, 6.45) is 0. The molecule has 0 radical (unpaired) electrons.